The number of aromatic nitrogens is 2. The van der Waals surface area contributed by atoms with Gasteiger partial charge in [0.15, 0.2) is 0 Å². The number of benzene rings is 1. The minimum absolute atomic E-state index is 0.333. The fourth-order valence-electron chi connectivity index (χ4n) is 2.24. The Hall–Kier alpha value is -2.19. The lowest BCUT2D eigenvalue weighted by molar-refractivity contribution is 0.525. The van der Waals surface area contributed by atoms with Crippen LogP contribution in [0, 0.1) is 31.0 Å². The van der Waals surface area contributed by atoms with E-state index in [1.165, 1.54) is 6.07 Å². The molecule has 4 nitrogen and oxygen atoms in total. The van der Waals surface area contributed by atoms with Gasteiger partial charge in [0, 0.05) is 24.3 Å². The quantitative estimate of drug-likeness (QED) is 0.831. The molecule has 0 aliphatic carbocycles. The van der Waals surface area contributed by atoms with Crippen molar-refractivity contribution in [3.8, 4) is 6.07 Å². The normalized spacial score (nSPS) is 10.6. The zero-order chi connectivity index (χ0) is 15.2. The molecule has 110 valence electrons. The van der Waals surface area contributed by atoms with Crippen LogP contribution in [0.2, 0.25) is 0 Å². The molecule has 0 amide bonds. The van der Waals surface area contributed by atoms with Gasteiger partial charge < -0.3 is 5.32 Å². The number of nitriles is 1. The van der Waals surface area contributed by atoms with Gasteiger partial charge in [0.1, 0.15) is 5.82 Å². The van der Waals surface area contributed by atoms with Gasteiger partial charge in [-0.15, -0.1) is 0 Å². The molecule has 0 saturated carbocycles. The molecule has 0 fully saturated rings. The first-order valence-electron chi connectivity index (χ1n) is 7.00. The summed E-state index contributed by atoms with van der Waals surface area (Å²) in [6.45, 7) is 6.13. The summed E-state index contributed by atoms with van der Waals surface area (Å²) in [5.74, 6) is -0.333. The third-order valence-corrected chi connectivity index (χ3v) is 3.32. The lowest BCUT2D eigenvalue weighted by Gasteiger charge is -2.07. The highest BCUT2D eigenvalue weighted by molar-refractivity contribution is 5.32. The smallest absolute Gasteiger partial charge is 0.129 e. The molecular weight excluding hydrogens is 267 g/mol. The molecule has 0 bridgehead atoms. The van der Waals surface area contributed by atoms with E-state index in [1.54, 1.807) is 12.1 Å². The van der Waals surface area contributed by atoms with Gasteiger partial charge in [-0.3, -0.25) is 4.68 Å². The van der Waals surface area contributed by atoms with Crippen molar-refractivity contribution >= 4 is 0 Å². The Bertz CT molecular complexity index is 655. The van der Waals surface area contributed by atoms with Crippen molar-refractivity contribution in [1.82, 2.24) is 15.1 Å². The minimum atomic E-state index is -0.333. The van der Waals surface area contributed by atoms with Gasteiger partial charge in [-0.2, -0.15) is 10.4 Å². The molecule has 0 spiro atoms. The molecule has 0 radical (unpaired) electrons. The van der Waals surface area contributed by atoms with Gasteiger partial charge in [0.2, 0.25) is 0 Å². The molecular formula is C16H19FN4. The predicted molar refractivity (Wildman–Crippen MR) is 79.1 cm³/mol. The van der Waals surface area contributed by atoms with Crippen molar-refractivity contribution in [1.29, 1.82) is 5.26 Å². The van der Waals surface area contributed by atoms with Crippen LogP contribution in [0.15, 0.2) is 24.3 Å². The Morgan fingerprint density at radius 1 is 1.33 bits per heavy atom. The fourth-order valence-corrected chi connectivity index (χ4v) is 2.24. The van der Waals surface area contributed by atoms with Gasteiger partial charge in [-0.05, 0) is 45.0 Å². The van der Waals surface area contributed by atoms with E-state index in [0.717, 1.165) is 30.9 Å². The van der Waals surface area contributed by atoms with Gasteiger partial charge in [0.25, 0.3) is 0 Å². The Morgan fingerprint density at radius 2 is 2.14 bits per heavy atom. The highest BCUT2D eigenvalue weighted by atomic mass is 19.1. The molecule has 2 aromatic rings. The van der Waals surface area contributed by atoms with Crippen molar-refractivity contribution in [2.45, 2.75) is 33.4 Å². The average molecular weight is 286 g/mol. The van der Waals surface area contributed by atoms with Crippen LogP contribution < -0.4 is 5.32 Å². The largest absolute Gasteiger partial charge is 0.312 e. The van der Waals surface area contributed by atoms with Crippen molar-refractivity contribution in [2.75, 3.05) is 6.54 Å². The zero-order valence-electron chi connectivity index (χ0n) is 12.4. The second-order valence-electron chi connectivity index (χ2n) is 5.10. The summed E-state index contributed by atoms with van der Waals surface area (Å²) < 4.78 is 15.6. The molecule has 0 atom stereocenters. The van der Waals surface area contributed by atoms with E-state index in [9.17, 15) is 4.39 Å². The van der Waals surface area contributed by atoms with E-state index in [4.69, 9.17) is 5.26 Å². The Kier molecular flexibility index (Phi) is 5.07. The number of hydrogen-bond acceptors (Lipinski definition) is 3. The van der Waals surface area contributed by atoms with Crippen molar-refractivity contribution < 1.29 is 4.39 Å². The zero-order valence-corrected chi connectivity index (χ0v) is 12.4. The van der Waals surface area contributed by atoms with Crippen LogP contribution in [-0.2, 0) is 13.1 Å². The number of aryl methyl sites for hydroxylation is 3. The Morgan fingerprint density at radius 3 is 2.76 bits per heavy atom. The molecule has 1 aromatic carbocycles. The maximum absolute atomic E-state index is 13.7. The maximum Gasteiger partial charge on any atom is 0.129 e. The highest BCUT2D eigenvalue weighted by Gasteiger charge is 2.03. The summed E-state index contributed by atoms with van der Waals surface area (Å²) in [6.07, 6.45) is 0.930. The third kappa shape index (κ3) is 4.14. The number of hydrogen-bond donors (Lipinski definition) is 1. The molecule has 1 aromatic heterocycles. The number of nitrogens with zero attached hydrogens (tertiary/aromatic N) is 3. The van der Waals surface area contributed by atoms with Crippen molar-refractivity contribution in [2.24, 2.45) is 0 Å². The third-order valence-electron chi connectivity index (χ3n) is 3.32. The highest BCUT2D eigenvalue weighted by Crippen LogP contribution is 2.09. The second-order valence-corrected chi connectivity index (χ2v) is 5.10. The van der Waals surface area contributed by atoms with Gasteiger partial charge in [0.05, 0.1) is 17.3 Å². The molecule has 1 N–H and O–H groups in total. The molecule has 1 heterocycles. The first-order valence-corrected chi connectivity index (χ1v) is 7.00. The lowest BCUT2D eigenvalue weighted by atomic mass is 10.1. The fraction of sp³-hybridized carbons (Fsp3) is 0.375. The molecule has 0 unspecified atom stereocenters. The van der Waals surface area contributed by atoms with Crippen LogP contribution in [0.4, 0.5) is 4.39 Å². The summed E-state index contributed by atoms with van der Waals surface area (Å²) >= 11 is 0. The van der Waals surface area contributed by atoms with Crippen LogP contribution in [0.1, 0.15) is 28.9 Å². The van der Waals surface area contributed by atoms with Gasteiger partial charge >= 0.3 is 0 Å². The number of nitrogens with one attached hydrogen (secondary N) is 1. The standard InChI is InChI=1S/C16H19FN4/c1-12-8-13(2)21(20-12)7-3-6-19-11-15-5-4-14(10-18)9-16(15)17/h4-5,8-9,19H,3,6-7,11H2,1-2H3. The maximum atomic E-state index is 13.7. The van der Waals surface area contributed by atoms with E-state index in [0.29, 0.717) is 17.7 Å². The molecule has 21 heavy (non-hydrogen) atoms. The molecule has 0 saturated heterocycles. The van der Waals surface area contributed by atoms with Crippen LogP contribution >= 0.6 is 0 Å². The second kappa shape index (κ2) is 7.00. The summed E-state index contributed by atoms with van der Waals surface area (Å²) in [6, 6.07) is 8.54. The number of halogens is 1. The van der Waals surface area contributed by atoms with E-state index in [2.05, 4.69) is 16.5 Å². The van der Waals surface area contributed by atoms with Crippen molar-refractivity contribution in [3.05, 3.63) is 52.6 Å². The minimum Gasteiger partial charge on any atom is -0.312 e. The van der Waals surface area contributed by atoms with E-state index in [-0.39, 0.29) is 5.82 Å². The van der Waals surface area contributed by atoms with Crippen LogP contribution in [0.5, 0.6) is 0 Å². The molecule has 2 rings (SSSR count). The van der Waals surface area contributed by atoms with Gasteiger partial charge in [-0.25, -0.2) is 4.39 Å². The summed E-state index contributed by atoms with van der Waals surface area (Å²) in [5, 5.41) is 16.3. The molecule has 5 heteroatoms. The summed E-state index contributed by atoms with van der Waals surface area (Å²) in [4.78, 5) is 0. The van der Waals surface area contributed by atoms with E-state index >= 15 is 0 Å². The first kappa shape index (κ1) is 15.2. The summed E-state index contributed by atoms with van der Waals surface area (Å²) in [7, 11) is 0. The van der Waals surface area contributed by atoms with E-state index < -0.39 is 0 Å². The Balaban J connectivity index is 1.75. The monoisotopic (exact) mass is 286 g/mol. The average Bonchev–Trinajstić information content (AvgIpc) is 2.78. The van der Waals surface area contributed by atoms with Crippen LogP contribution in [-0.4, -0.2) is 16.3 Å². The molecule has 0 aliphatic heterocycles. The van der Waals surface area contributed by atoms with Gasteiger partial charge in [-0.1, -0.05) is 6.07 Å². The lowest BCUT2D eigenvalue weighted by Crippen LogP contribution is -2.18. The van der Waals surface area contributed by atoms with Crippen molar-refractivity contribution in [3.63, 3.8) is 0 Å². The van der Waals surface area contributed by atoms with Crippen LogP contribution in [0.25, 0.3) is 0 Å². The van der Waals surface area contributed by atoms with E-state index in [1.807, 2.05) is 24.6 Å². The molecule has 0 aliphatic rings. The number of rotatable bonds is 6. The van der Waals surface area contributed by atoms with Crippen LogP contribution in [0.3, 0.4) is 0 Å². The Labute approximate surface area is 124 Å². The summed E-state index contributed by atoms with van der Waals surface area (Å²) in [5.41, 5.74) is 3.12. The topological polar surface area (TPSA) is 53.6 Å². The first-order chi connectivity index (χ1) is 10.1. The SMILES string of the molecule is Cc1cc(C)n(CCCNCc2ccc(C#N)cc2F)n1. The predicted octanol–water partition coefficient (Wildman–Crippen LogP) is 2.69.